The van der Waals surface area contributed by atoms with Gasteiger partial charge >= 0.3 is 0 Å². The Bertz CT molecular complexity index is 597. The van der Waals surface area contributed by atoms with E-state index >= 15 is 0 Å². The summed E-state index contributed by atoms with van der Waals surface area (Å²) in [6, 6.07) is 2.01. The molecule has 5 nitrogen and oxygen atoms in total. The average Bonchev–Trinajstić information content (AvgIpc) is 2.67. The Morgan fingerprint density at radius 1 is 1.53 bits per heavy atom. The van der Waals surface area contributed by atoms with Gasteiger partial charge < -0.3 is 0 Å². The molecule has 0 spiro atoms. The van der Waals surface area contributed by atoms with E-state index in [4.69, 9.17) is 11.6 Å². The van der Waals surface area contributed by atoms with E-state index in [1.54, 1.807) is 13.1 Å². The van der Waals surface area contributed by atoms with Crippen LogP contribution in [0.1, 0.15) is 5.82 Å². The Morgan fingerprint density at radius 2 is 2.24 bits per heavy atom. The Hall–Kier alpha value is -1.95. The second kappa shape index (κ2) is 4.14. The highest BCUT2D eigenvalue weighted by molar-refractivity contribution is 6.31. The topological polar surface area (TPSA) is 61.0 Å². The number of hydrogen-bond donors (Lipinski definition) is 0. The number of hydrogen-bond acceptors (Lipinski definition) is 3. The lowest BCUT2D eigenvalue weighted by Crippen LogP contribution is -2.02. The molecule has 17 heavy (non-hydrogen) atoms. The zero-order valence-electron chi connectivity index (χ0n) is 8.72. The van der Waals surface area contributed by atoms with Gasteiger partial charge in [-0.05, 0) is 13.0 Å². The van der Waals surface area contributed by atoms with E-state index in [9.17, 15) is 14.5 Å². The number of rotatable bonds is 2. The number of nitro benzene ring substituents is 1. The SMILES string of the molecule is Cc1nccn1-c1cc(Cl)c(F)cc1[N+](=O)[O-]. The molecule has 0 amide bonds. The molecule has 0 aliphatic carbocycles. The van der Waals surface area contributed by atoms with Gasteiger partial charge in [0.1, 0.15) is 17.3 Å². The van der Waals surface area contributed by atoms with Crippen molar-refractivity contribution in [3.05, 3.63) is 51.3 Å². The van der Waals surface area contributed by atoms with Crippen LogP contribution < -0.4 is 0 Å². The third-order valence-corrected chi connectivity index (χ3v) is 2.59. The molecule has 0 unspecified atom stereocenters. The van der Waals surface area contributed by atoms with Gasteiger partial charge in [0.05, 0.1) is 16.0 Å². The zero-order chi connectivity index (χ0) is 12.6. The number of aryl methyl sites for hydroxylation is 1. The van der Waals surface area contributed by atoms with Gasteiger partial charge in [0, 0.05) is 12.4 Å². The fourth-order valence-corrected chi connectivity index (χ4v) is 1.66. The van der Waals surface area contributed by atoms with Crippen LogP contribution in [-0.2, 0) is 0 Å². The molecule has 1 aromatic carbocycles. The van der Waals surface area contributed by atoms with E-state index in [1.165, 1.54) is 16.8 Å². The minimum Gasteiger partial charge on any atom is -0.298 e. The highest BCUT2D eigenvalue weighted by Gasteiger charge is 2.19. The smallest absolute Gasteiger partial charge is 0.296 e. The summed E-state index contributed by atoms with van der Waals surface area (Å²) in [6.07, 6.45) is 3.04. The monoisotopic (exact) mass is 255 g/mol. The second-order valence-corrected chi connectivity index (χ2v) is 3.76. The maximum atomic E-state index is 13.2. The van der Waals surface area contributed by atoms with Crippen molar-refractivity contribution in [3.63, 3.8) is 0 Å². The minimum absolute atomic E-state index is 0.168. The number of nitrogens with zero attached hydrogens (tertiary/aromatic N) is 3. The first-order valence-corrected chi connectivity index (χ1v) is 5.02. The van der Waals surface area contributed by atoms with Gasteiger partial charge in [-0.15, -0.1) is 0 Å². The number of imidazole rings is 1. The predicted octanol–water partition coefficient (Wildman–Crippen LogP) is 2.88. The molecule has 0 N–H and O–H groups in total. The van der Waals surface area contributed by atoms with E-state index in [0.717, 1.165) is 6.07 Å². The summed E-state index contributed by atoms with van der Waals surface area (Å²) in [5, 5.41) is 10.7. The highest BCUT2D eigenvalue weighted by Crippen LogP contribution is 2.29. The van der Waals surface area contributed by atoms with Gasteiger partial charge in [-0.25, -0.2) is 9.37 Å². The summed E-state index contributed by atoms with van der Waals surface area (Å²) in [5.41, 5.74) is -0.163. The molecule has 2 aromatic rings. The number of nitro groups is 1. The van der Waals surface area contributed by atoms with Crippen molar-refractivity contribution in [2.24, 2.45) is 0 Å². The Kier molecular flexibility index (Phi) is 2.81. The highest BCUT2D eigenvalue weighted by atomic mass is 35.5. The molecule has 1 heterocycles. The number of halogens is 2. The van der Waals surface area contributed by atoms with Crippen LogP contribution in [0.5, 0.6) is 0 Å². The van der Waals surface area contributed by atoms with Crippen molar-refractivity contribution in [1.29, 1.82) is 0 Å². The van der Waals surface area contributed by atoms with Crippen molar-refractivity contribution < 1.29 is 9.31 Å². The fourth-order valence-electron chi connectivity index (χ4n) is 1.50. The van der Waals surface area contributed by atoms with Crippen LogP contribution in [0.4, 0.5) is 10.1 Å². The molecule has 7 heteroatoms. The molecule has 0 aliphatic rings. The first-order chi connectivity index (χ1) is 8.00. The van der Waals surface area contributed by atoms with Crippen LogP contribution in [-0.4, -0.2) is 14.5 Å². The quantitative estimate of drug-likeness (QED) is 0.612. The maximum absolute atomic E-state index is 13.2. The van der Waals surface area contributed by atoms with Crippen molar-refractivity contribution in [1.82, 2.24) is 9.55 Å². The van der Waals surface area contributed by atoms with Gasteiger partial charge in [0.25, 0.3) is 5.69 Å². The predicted molar refractivity (Wildman–Crippen MR) is 59.9 cm³/mol. The second-order valence-electron chi connectivity index (χ2n) is 3.36. The lowest BCUT2D eigenvalue weighted by atomic mass is 10.2. The Balaban J connectivity index is 2.72. The molecule has 0 bridgehead atoms. The summed E-state index contributed by atoms with van der Waals surface area (Å²) < 4.78 is 14.7. The largest absolute Gasteiger partial charge is 0.298 e. The van der Waals surface area contributed by atoms with Crippen molar-refractivity contribution in [2.75, 3.05) is 0 Å². The zero-order valence-corrected chi connectivity index (χ0v) is 9.48. The molecule has 0 saturated heterocycles. The summed E-state index contributed by atoms with van der Waals surface area (Å²) in [6.45, 7) is 1.68. The van der Waals surface area contributed by atoms with Crippen molar-refractivity contribution >= 4 is 17.3 Å². The first-order valence-electron chi connectivity index (χ1n) is 4.64. The van der Waals surface area contributed by atoms with Crippen LogP contribution in [0.25, 0.3) is 5.69 Å². The molecule has 1 aromatic heterocycles. The van der Waals surface area contributed by atoms with Gasteiger partial charge in [-0.1, -0.05) is 11.6 Å². The normalized spacial score (nSPS) is 10.5. The molecule has 0 saturated carbocycles. The van der Waals surface area contributed by atoms with Gasteiger partial charge in [0.15, 0.2) is 0 Å². The van der Waals surface area contributed by atoms with Crippen molar-refractivity contribution in [3.8, 4) is 5.69 Å². The van der Waals surface area contributed by atoms with Gasteiger partial charge in [-0.3, -0.25) is 14.7 Å². The average molecular weight is 256 g/mol. The molecular weight excluding hydrogens is 249 g/mol. The first kappa shape index (κ1) is 11.5. The molecule has 0 fully saturated rings. The van der Waals surface area contributed by atoms with E-state index < -0.39 is 10.7 Å². The summed E-state index contributed by atoms with van der Waals surface area (Å²) in [5.74, 6) is -0.268. The third-order valence-electron chi connectivity index (χ3n) is 2.30. The van der Waals surface area contributed by atoms with Crippen LogP contribution >= 0.6 is 11.6 Å². The summed E-state index contributed by atoms with van der Waals surface area (Å²) in [7, 11) is 0. The molecule has 0 atom stereocenters. The number of aromatic nitrogens is 2. The standard InChI is InChI=1S/C10H7ClFN3O2/c1-6-13-2-3-14(6)9-4-7(11)8(12)5-10(9)15(16)17/h2-5H,1H3. The lowest BCUT2D eigenvalue weighted by Gasteiger charge is -2.07. The van der Waals surface area contributed by atoms with E-state index in [2.05, 4.69) is 4.98 Å². The van der Waals surface area contributed by atoms with Crippen LogP contribution in [0, 0.1) is 22.9 Å². The fraction of sp³-hybridized carbons (Fsp3) is 0.100. The van der Waals surface area contributed by atoms with E-state index in [1.807, 2.05) is 0 Å². The summed E-state index contributed by atoms with van der Waals surface area (Å²) >= 11 is 5.63. The Morgan fingerprint density at radius 3 is 2.76 bits per heavy atom. The van der Waals surface area contributed by atoms with Crippen molar-refractivity contribution in [2.45, 2.75) is 6.92 Å². The Labute approximate surface area is 101 Å². The molecule has 88 valence electrons. The van der Waals surface area contributed by atoms with E-state index in [0.29, 0.717) is 5.82 Å². The summed E-state index contributed by atoms with van der Waals surface area (Å²) in [4.78, 5) is 14.1. The molecular formula is C10H7ClFN3O2. The van der Waals surface area contributed by atoms with Gasteiger partial charge in [0.2, 0.25) is 0 Å². The van der Waals surface area contributed by atoms with Crippen LogP contribution in [0.15, 0.2) is 24.5 Å². The van der Waals surface area contributed by atoms with Crippen LogP contribution in [0.2, 0.25) is 5.02 Å². The van der Waals surface area contributed by atoms with Crippen LogP contribution in [0.3, 0.4) is 0 Å². The molecule has 0 radical (unpaired) electrons. The molecule has 0 aliphatic heterocycles. The minimum atomic E-state index is -0.820. The number of benzene rings is 1. The lowest BCUT2D eigenvalue weighted by molar-refractivity contribution is -0.384. The van der Waals surface area contributed by atoms with E-state index in [-0.39, 0.29) is 16.4 Å². The maximum Gasteiger partial charge on any atom is 0.296 e. The third kappa shape index (κ3) is 1.99. The van der Waals surface area contributed by atoms with Gasteiger partial charge in [-0.2, -0.15) is 0 Å². The molecule has 2 rings (SSSR count).